The zero-order chi connectivity index (χ0) is 20.5. The first-order valence-corrected chi connectivity index (χ1v) is 9.79. The molecule has 2 aromatic rings. The van der Waals surface area contributed by atoms with E-state index in [0.717, 1.165) is 25.4 Å². The van der Waals surface area contributed by atoms with Gasteiger partial charge >= 0.3 is 5.97 Å². The topological polar surface area (TPSA) is 71.1 Å². The maximum atomic E-state index is 12.4. The Morgan fingerprint density at radius 3 is 2.38 bits per heavy atom. The Hall–Kier alpha value is -3.06. The fourth-order valence-corrected chi connectivity index (χ4v) is 3.21. The first kappa shape index (κ1) is 20.7. The Kier molecular flexibility index (Phi) is 7.47. The van der Waals surface area contributed by atoms with Gasteiger partial charge in [0, 0.05) is 45.5 Å². The van der Waals surface area contributed by atoms with Gasteiger partial charge in [-0.15, -0.1) is 0 Å². The number of hydrogen-bond donors (Lipinski definition) is 1. The van der Waals surface area contributed by atoms with E-state index < -0.39 is 5.97 Å². The van der Waals surface area contributed by atoms with E-state index in [1.807, 2.05) is 36.4 Å². The molecule has 1 N–H and O–H groups in total. The predicted octanol–water partition coefficient (Wildman–Crippen LogP) is 2.11. The van der Waals surface area contributed by atoms with E-state index in [-0.39, 0.29) is 12.5 Å². The molecule has 0 unspecified atom stereocenters. The van der Waals surface area contributed by atoms with Crippen LogP contribution < -0.4 is 10.1 Å². The number of hydrogen-bond acceptors (Lipinski definition) is 6. The van der Waals surface area contributed by atoms with E-state index in [2.05, 4.69) is 10.2 Å². The summed E-state index contributed by atoms with van der Waals surface area (Å²) in [5, 5.41) is 2.95. The van der Waals surface area contributed by atoms with Crippen LogP contribution in [0.25, 0.3) is 0 Å². The van der Waals surface area contributed by atoms with Gasteiger partial charge in [-0.25, -0.2) is 4.79 Å². The average Bonchev–Trinajstić information content (AvgIpc) is 2.78. The molecule has 1 saturated heterocycles. The van der Waals surface area contributed by atoms with Crippen LogP contribution in [0.2, 0.25) is 0 Å². The molecular weight excluding hydrogens is 370 g/mol. The van der Waals surface area contributed by atoms with Crippen LogP contribution in [0.15, 0.2) is 54.6 Å². The second-order valence-corrected chi connectivity index (χ2v) is 6.76. The highest BCUT2D eigenvalue weighted by molar-refractivity contribution is 5.96. The molecule has 154 valence electrons. The van der Waals surface area contributed by atoms with E-state index in [0.29, 0.717) is 30.9 Å². The number of benzene rings is 2. The van der Waals surface area contributed by atoms with Crippen LogP contribution in [0, 0.1) is 0 Å². The number of nitrogens with one attached hydrogen (secondary N) is 1. The molecule has 0 radical (unpaired) electrons. The molecule has 1 amide bonds. The van der Waals surface area contributed by atoms with Crippen LogP contribution in [-0.2, 0) is 9.53 Å². The fourth-order valence-electron chi connectivity index (χ4n) is 3.21. The zero-order valence-electron chi connectivity index (χ0n) is 16.7. The number of piperazine rings is 1. The quantitative estimate of drug-likeness (QED) is 0.688. The van der Waals surface area contributed by atoms with Crippen molar-refractivity contribution < 1.29 is 19.1 Å². The predicted molar refractivity (Wildman–Crippen MR) is 111 cm³/mol. The molecule has 7 heteroatoms. The van der Waals surface area contributed by atoms with Gasteiger partial charge in [0.15, 0.2) is 6.61 Å². The SMILES string of the molecule is CNc1ccccc1C(=O)OCC(=O)N1CCN(CCOc2ccccc2)CC1. The van der Waals surface area contributed by atoms with Crippen molar-refractivity contribution in [3.05, 3.63) is 60.2 Å². The highest BCUT2D eigenvalue weighted by Crippen LogP contribution is 2.15. The van der Waals surface area contributed by atoms with Gasteiger partial charge in [0.05, 0.1) is 5.56 Å². The lowest BCUT2D eigenvalue weighted by molar-refractivity contribution is -0.136. The minimum atomic E-state index is -0.500. The van der Waals surface area contributed by atoms with Gasteiger partial charge in [-0.1, -0.05) is 30.3 Å². The smallest absolute Gasteiger partial charge is 0.340 e. The Balaban J connectivity index is 1.37. The van der Waals surface area contributed by atoms with E-state index in [1.54, 1.807) is 30.1 Å². The lowest BCUT2D eigenvalue weighted by Crippen LogP contribution is -2.50. The summed E-state index contributed by atoms with van der Waals surface area (Å²) in [6.45, 7) is 3.98. The highest BCUT2D eigenvalue weighted by atomic mass is 16.5. The van der Waals surface area contributed by atoms with Crippen molar-refractivity contribution >= 4 is 17.6 Å². The molecule has 29 heavy (non-hydrogen) atoms. The lowest BCUT2D eigenvalue weighted by Gasteiger charge is -2.34. The number of amides is 1. The third-order valence-corrected chi connectivity index (χ3v) is 4.89. The second kappa shape index (κ2) is 10.5. The Labute approximate surface area is 171 Å². The monoisotopic (exact) mass is 397 g/mol. The summed E-state index contributed by atoms with van der Waals surface area (Å²) in [6.07, 6.45) is 0. The standard InChI is InChI=1S/C22H27N3O4/c1-23-20-10-6-5-9-19(20)22(27)29-17-21(26)25-13-11-24(12-14-25)15-16-28-18-7-3-2-4-8-18/h2-10,23H,11-17H2,1H3. The molecular formula is C22H27N3O4. The first-order valence-electron chi connectivity index (χ1n) is 9.79. The number of rotatable bonds is 8. The van der Waals surface area contributed by atoms with E-state index in [9.17, 15) is 9.59 Å². The van der Waals surface area contributed by atoms with Gasteiger partial charge in [0.1, 0.15) is 12.4 Å². The maximum Gasteiger partial charge on any atom is 0.340 e. The number of carbonyl (C=O) groups excluding carboxylic acids is 2. The summed E-state index contributed by atoms with van der Waals surface area (Å²) >= 11 is 0. The van der Waals surface area contributed by atoms with Crippen molar-refractivity contribution in [1.29, 1.82) is 0 Å². The van der Waals surface area contributed by atoms with E-state index in [4.69, 9.17) is 9.47 Å². The number of carbonyl (C=O) groups is 2. The van der Waals surface area contributed by atoms with E-state index >= 15 is 0 Å². The largest absolute Gasteiger partial charge is 0.492 e. The van der Waals surface area contributed by atoms with Crippen LogP contribution in [0.5, 0.6) is 5.75 Å². The second-order valence-electron chi connectivity index (χ2n) is 6.76. The average molecular weight is 397 g/mol. The summed E-state index contributed by atoms with van der Waals surface area (Å²) in [7, 11) is 1.74. The molecule has 1 aliphatic heterocycles. The number of ether oxygens (including phenoxy) is 2. The lowest BCUT2D eigenvalue weighted by atomic mass is 10.2. The number of para-hydroxylation sites is 2. The van der Waals surface area contributed by atoms with Crippen LogP contribution in [0.4, 0.5) is 5.69 Å². The van der Waals surface area contributed by atoms with Gasteiger partial charge in [-0.2, -0.15) is 0 Å². The Morgan fingerprint density at radius 2 is 1.66 bits per heavy atom. The summed E-state index contributed by atoms with van der Waals surface area (Å²) in [6, 6.07) is 16.8. The van der Waals surface area contributed by atoms with Gasteiger partial charge in [0.25, 0.3) is 5.91 Å². The number of esters is 1. The number of anilines is 1. The van der Waals surface area contributed by atoms with Gasteiger partial charge < -0.3 is 19.7 Å². The van der Waals surface area contributed by atoms with Gasteiger partial charge in [0.2, 0.25) is 0 Å². The van der Waals surface area contributed by atoms with Gasteiger partial charge in [-0.3, -0.25) is 9.69 Å². The van der Waals surface area contributed by atoms with Crippen molar-refractivity contribution in [3.8, 4) is 5.75 Å². The molecule has 0 aromatic heterocycles. The molecule has 1 heterocycles. The molecule has 0 aliphatic carbocycles. The van der Waals surface area contributed by atoms with Crippen molar-refractivity contribution in [2.24, 2.45) is 0 Å². The van der Waals surface area contributed by atoms with E-state index in [1.165, 1.54) is 0 Å². The minimum absolute atomic E-state index is 0.166. The third-order valence-electron chi connectivity index (χ3n) is 4.89. The molecule has 0 atom stereocenters. The Bertz CT molecular complexity index is 805. The first-order chi connectivity index (χ1) is 14.2. The minimum Gasteiger partial charge on any atom is -0.492 e. The molecule has 3 rings (SSSR count). The molecule has 1 fully saturated rings. The summed E-state index contributed by atoms with van der Waals surface area (Å²) in [5.74, 6) is 0.198. The molecule has 1 aliphatic rings. The zero-order valence-corrected chi connectivity index (χ0v) is 16.7. The van der Waals surface area contributed by atoms with Crippen molar-refractivity contribution in [2.75, 3.05) is 58.3 Å². The molecule has 0 bridgehead atoms. The number of nitrogens with zero attached hydrogens (tertiary/aromatic N) is 2. The Morgan fingerprint density at radius 1 is 0.966 bits per heavy atom. The van der Waals surface area contributed by atoms with Crippen LogP contribution >= 0.6 is 0 Å². The summed E-state index contributed by atoms with van der Waals surface area (Å²) in [4.78, 5) is 28.6. The third kappa shape index (κ3) is 5.96. The molecule has 0 spiro atoms. The highest BCUT2D eigenvalue weighted by Gasteiger charge is 2.22. The molecule has 0 saturated carbocycles. The molecule has 7 nitrogen and oxygen atoms in total. The van der Waals surface area contributed by atoms with Crippen LogP contribution in [0.1, 0.15) is 10.4 Å². The maximum absolute atomic E-state index is 12.4. The van der Waals surface area contributed by atoms with Gasteiger partial charge in [-0.05, 0) is 24.3 Å². The summed E-state index contributed by atoms with van der Waals surface area (Å²) < 4.78 is 10.9. The normalized spacial score (nSPS) is 14.3. The van der Waals surface area contributed by atoms with Crippen molar-refractivity contribution in [1.82, 2.24) is 9.80 Å². The van der Waals surface area contributed by atoms with Crippen molar-refractivity contribution in [2.45, 2.75) is 0 Å². The molecule has 2 aromatic carbocycles. The van der Waals surface area contributed by atoms with Crippen molar-refractivity contribution in [3.63, 3.8) is 0 Å². The summed E-state index contributed by atoms with van der Waals surface area (Å²) in [5.41, 5.74) is 1.10. The van der Waals surface area contributed by atoms with Crippen LogP contribution in [-0.4, -0.2) is 74.7 Å². The fraction of sp³-hybridized carbons (Fsp3) is 0.364. The van der Waals surface area contributed by atoms with Crippen LogP contribution in [0.3, 0.4) is 0 Å².